The van der Waals surface area contributed by atoms with E-state index >= 15 is 0 Å². The molecule has 3 heterocycles. The molecule has 1 N–H and O–H groups in total. The number of aromatic nitrogens is 2. The maximum atomic E-state index is 12.7. The summed E-state index contributed by atoms with van der Waals surface area (Å²) in [5.41, 5.74) is 3.16. The highest BCUT2D eigenvalue weighted by Gasteiger charge is 2.32. The minimum absolute atomic E-state index is 0.143. The Morgan fingerprint density at radius 3 is 3.00 bits per heavy atom. The van der Waals surface area contributed by atoms with Gasteiger partial charge in [0.15, 0.2) is 0 Å². The maximum Gasteiger partial charge on any atom is 0.251 e. The van der Waals surface area contributed by atoms with E-state index in [2.05, 4.69) is 29.4 Å². The molecule has 27 heavy (non-hydrogen) atoms. The normalized spacial score (nSPS) is 22.6. The molecule has 2 atom stereocenters. The van der Waals surface area contributed by atoms with E-state index in [1.165, 1.54) is 5.56 Å². The monoisotopic (exact) mass is 366 g/mol. The molecule has 0 spiro atoms. The third-order valence-electron chi connectivity index (χ3n) is 5.31. The van der Waals surface area contributed by atoms with Crippen LogP contribution in [-0.4, -0.2) is 46.6 Å². The fourth-order valence-corrected chi connectivity index (χ4v) is 3.91. The van der Waals surface area contributed by atoms with Crippen LogP contribution >= 0.6 is 0 Å². The molecule has 0 radical (unpaired) electrons. The Morgan fingerprint density at radius 1 is 1.26 bits per heavy atom. The Balaban J connectivity index is 1.45. The van der Waals surface area contributed by atoms with Crippen LogP contribution in [0, 0.1) is 6.92 Å². The zero-order valence-electron chi connectivity index (χ0n) is 15.7. The van der Waals surface area contributed by atoms with Crippen molar-refractivity contribution in [2.24, 2.45) is 0 Å². The van der Waals surface area contributed by atoms with Gasteiger partial charge in [0, 0.05) is 37.5 Å². The molecule has 0 bridgehead atoms. The number of carbonyl (C=O) groups excluding carboxylic acids is 1. The molecule has 1 amide bonds. The summed E-state index contributed by atoms with van der Waals surface area (Å²) in [6.45, 7) is 4.28. The van der Waals surface area contributed by atoms with Crippen molar-refractivity contribution in [3.63, 3.8) is 0 Å². The first-order chi connectivity index (χ1) is 13.2. The van der Waals surface area contributed by atoms with Crippen LogP contribution in [0.2, 0.25) is 0 Å². The van der Waals surface area contributed by atoms with Crippen LogP contribution in [0.1, 0.15) is 42.9 Å². The molecule has 6 heteroatoms. The first kappa shape index (κ1) is 17.9. The third kappa shape index (κ3) is 4.27. The van der Waals surface area contributed by atoms with Gasteiger partial charge in [-0.2, -0.15) is 0 Å². The number of ether oxygens (including phenoxy) is 1. The zero-order chi connectivity index (χ0) is 18.6. The predicted molar refractivity (Wildman–Crippen MR) is 104 cm³/mol. The van der Waals surface area contributed by atoms with Crippen LogP contribution in [0.3, 0.4) is 0 Å². The standard InChI is InChI=1S/C21H26N4O2/c1-15-5-2-7-17(13-15)23-21-22-10-9-18(24-21)16-6-3-11-25(14-16)20(26)19-8-4-12-27-19/h2,5,7,9-10,13,16,19H,3-4,6,8,11-12,14H2,1H3,(H,22,23,24)/t16-,19-/m0/s1. The van der Waals surface area contributed by atoms with E-state index in [0.717, 1.165) is 43.6 Å². The van der Waals surface area contributed by atoms with Crippen LogP contribution in [-0.2, 0) is 9.53 Å². The van der Waals surface area contributed by atoms with Gasteiger partial charge in [-0.3, -0.25) is 4.79 Å². The number of amides is 1. The quantitative estimate of drug-likeness (QED) is 0.898. The van der Waals surface area contributed by atoms with Gasteiger partial charge in [-0.05, 0) is 56.4 Å². The summed E-state index contributed by atoms with van der Waals surface area (Å²) in [6, 6.07) is 10.1. The number of hydrogen-bond donors (Lipinski definition) is 1. The fourth-order valence-electron chi connectivity index (χ4n) is 3.91. The SMILES string of the molecule is Cc1cccc(Nc2nccc([C@H]3CCCN(C(=O)[C@@H]4CCCO4)C3)n2)c1. The van der Waals surface area contributed by atoms with Crippen molar-refractivity contribution < 1.29 is 9.53 Å². The number of piperidine rings is 1. The second kappa shape index (κ2) is 8.05. The lowest BCUT2D eigenvalue weighted by molar-refractivity contribution is -0.142. The number of aryl methyl sites for hydroxylation is 1. The molecule has 2 aliphatic rings. The number of carbonyl (C=O) groups is 1. The van der Waals surface area contributed by atoms with Crippen LogP contribution in [0.5, 0.6) is 0 Å². The topological polar surface area (TPSA) is 67.4 Å². The first-order valence-corrected chi connectivity index (χ1v) is 9.76. The molecule has 142 valence electrons. The van der Waals surface area contributed by atoms with Gasteiger partial charge in [0.1, 0.15) is 6.10 Å². The minimum Gasteiger partial charge on any atom is -0.368 e. The second-order valence-electron chi connectivity index (χ2n) is 7.42. The molecule has 0 saturated carbocycles. The molecule has 1 aromatic carbocycles. The summed E-state index contributed by atoms with van der Waals surface area (Å²) in [6.07, 6.45) is 5.41. The lowest BCUT2D eigenvalue weighted by Gasteiger charge is -2.33. The van der Waals surface area contributed by atoms with E-state index in [1.54, 1.807) is 6.20 Å². The Morgan fingerprint density at radius 2 is 2.19 bits per heavy atom. The van der Waals surface area contributed by atoms with E-state index in [4.69, 9.17) is 9.72 Å². The van der Waals surface area contributed by atoms with E-state index in [-0.39, 0.29) is 17.9 Å². The number of nitrogens with zero attached hydrogens (tertiary/aromatic N) is 3. The number of hydrogen-bond acceptors (Lipinski definition) is 5. The van der Waals surface area contributed by atoms with Crippen molar-refractivity contribution in [2.45, 2.75) is 44.6 Å². The van der Waals surface area contributed by atoms with Crippen LogP contribution in [0.25, 0.3) is 0 Å². The van der Waals surface area contributed by atoms with Crippen molar-refractivity contribution in [1.82, 2.24) is 14.9 Å². The maximum absolute atomic E-state index is 12.7. The van der Waals surface area contributed by atoms with Gasteiger partial charge in [-0.1, -0.05) is 12.1 Å². The molecule has 0 aliphatic carbocycles. The van der Waals surface area contributed by atoms with Gasteiger partial charge in [0.05, 0.1) is 5.69 Å². The molecular formula is C21H26N4O2. The predicted octanol–water partition coefficient (Wildman–Crippen LogP) is 3.41. The fraction of sp³-hybridized carbons (Fsp3) is 0.476. The van der Waals surface area contributed by atoms with Gasteiger partial charge < -0.3 is 15.0 Å². The summed E-state index contributed by atoms with van der Waals surface area (Å²) in [4.78, 5) is 23.7. The molecule has 6 nitrogen and oxygen atoms in total. The van der Waals surface area contributed by atoms with E-state index in [0.29, 0.717) is 19.1 Å². The second-order valence-corrected chi connectivity index (χ2v) is 7.42. The Bertz CT molecular complexity index is 804. The van der Waals surface area contributed by atoms with E-state index in [9.17, 15) is 4.79 Å². The van der Waals surface area contributed by atoms with Crippen molar-refractivity contribution in [3.8, 4) is 0 Å². The molecule has 1 aromatic heterocycles. The summed E-state index contributed by atoms with van der Waals surface area (Å²) in [5.74, 6) is 0.982. The molecule has 4 rings (SSSR count). The molecule has 2 saturated heterocycles. The van der Waals surface area contributed by atoms with E-state index < -0.39 is 0 Å². The average Bonchev–Trinajstić information content (AvgIpc) is 3.23. The van der Waals surface area contributed by atoms with Crippen LogP contribution in [0.4, 0.5) is 11.6 Å². The smallest absolute Gasteiger partial charge is 0.251 e. The Labute approximate surface area is 160 Å². The number of rotatable bonds is 4. The first-order valence-electron chi connectivity index (χ1n) is 9.76. The summed E-state index contributed by atoms with van der Waals surface area (Å²) < 4.78 is 5.58. The molecule has 2 aliphatic heterocycles. The molecule has 0 unspecified atom stereocenters. The molecular weight excluding hydrogens is 340 g/mol. The largest absolute Gasteiger partial charge is 0.368 e. The molecule has 2 fully saturated rings. The summed E-state index contributed by atoms with van der Waals surface area (Å²) in [7, 11) is 0. The highest BCUT2D eigenvalue weighted by Crippen LogP contribution is 2.28. The number of nitrogens with one attached hydrogen (secondary N) is 1. The number of benzene rings is 1. The van der Waals surface area contributed by atoms with Crippen molar-refractivity contribution in [3.05, 3.63) is 47.8 Å². The summed E-state index contributed by atoms with van der Waals surface area (Å²) in [5, 5.41) is 3.28. The zero-order valence-corrected chi connectivity index (χ0v) is 15.7. The van der Waals surface area contributed by atoms with Gasteiger partial charge in [0.2, 0.25) is 5.95 Å². The highest BCUT2D eigenvalue weighted by atomic mass is 16.5. The number of likely N-dealkylation sites (tertiary alicyclic amines) is 1. The highest BCUT2D eigenvalue weighted by molar-refractivity contribution is 5.81. The lowest BCUT2D eigenvalue weighted by atomic mass is 9.94. The average molecular weight is 366 g/mol. The lowest BCUT2D eigenvalue weighted by Crippen LogP contribution is -2.44. The third-order valence-corrected chi connectivity index (χ3v) is 5.31. The van der Waals surface area contributed by atoms with Gasteiger partial charge >= 0.3 is 0 Å². The van der Waals surface area contributed by atoms with Crippen molar-refractivity contribution in [1.29, 1.82) is 0 Å². The van der Waals surface area contributed by atoms with Gasteiger partial charge in [-0.15, -0.1) is 0 Å². The van der Waals surface area contributed by atoms with Gasteiger partial charge in [0.25, 0.3) is 5.91 Å². The molecule has 2 aromatic rings. The van der Waals surface area contributed by atoms with Crippen molar-refractivity contribution >= 4 is 17.5 Å². The minimum atomic E-state index is -0.243. The summed E-state index contributed by atoms with van der Waals surface area (Å²) >= 11 is 0. The Hall–Kier alpha value is -2.47. The number of anilines is 2. The van der Waals surface area contributed by atoms with Crippen LogP contribution < -0.4 is 5.32 Å². The van der Waals surface area contributed by atoms with Crippen LogP contribution in [0.15, 0.2) is 36.5 Å². The van der Waals surface area contributed by atoms with Crippen molar-refractivity contribution in [2.75, 3.05) is 25.0 Å². The Kier molecular flexibility index (Phi) is 5.34. The van der Waals surface area contributed by atoms with Gasteiger partial charge in [-0.25, -0.2) is 9.97 Å². The van der Waals surface area contributed by atoms with E-state index in [1.807, 2.05) is 23.1 Å².